The van der Waals surface area contributed by atoms with Crippen LogP contribution in [0.5, 0.6) is 0 Å². The molecule has 1 heterocycles. The number of sulfonamides is 1. The van der Waals surface area contributed by atoms with E-state index in [1.165, 1.54) is 5.56 Å². The predicted molar refractivity (Wildman–Crippen MR) is 78.7 cm³/mol. The smallest absolute Gasteiger partial charge is 0.214 e. The normalized spacial score (nSPS) is 19.7. The molecular formula is C13H18BrNO3S. The number of hydrogen-bond acceptors (Lipinski definition) is 3. The van der Waals surface area contributed by atoms with Gasteiger partial charge in [-0.2, -0.15) is 0 Å². The second-order valence-corrected chi connectivity index (χ2v) is 7.10. The first-order chi connectivity index (χ1) is 9.09. The minimum absolute atomic E-state index is 0.0620. The van der Waals surface area contributed by atoms with Gasteiger partial charge in [0.05, 0.1) is 11.9 Å². The maximum absolute atomic E-state index is 11.9. The van der Waals surface area contributed by atoms with Crippen LogP contribution in [0.4, 0.5) is 0 Å². The molecule has 1 aliphatic heterocycles. The van der Waals surface area contributed by atoms with E-state index in [9.17, 15) is 8.42 Å². The Labute approximate surface area is 122 Å². The Hall–Kier alpha value is -0.430. The lowest BCUT2D eigenvalue weighted by Gasteiger charge is -2.11. The van der Waals surface area contributed by atoms with Gasteiger partial charge in [0.2, 0.25) is 10.0 Å². The zero-order chi connectivity index (χ0) is 13.7. The quantitative estimate of drug-likeness (QED) is 0.802. The van der Waals surface area contributed by atoms with Crippen LogP contribution in [0, 0.1) is 0 Å². The molecule has 1 atom stereocenters. The SMILES string of the molecule is O=S(=O)(CC1CCCO1)NCc1ccc(CBr)cc1. The highest BCUT2D eigenvalue weighted by atomic mass is 79.9. The molecule has 2 rings (SSSR count). The molecule has 6 heteroatoms. The molecule has 0 aliphatic carbocycles. The second-order valence-electron chi connectivity index (χ2n) is 4.69. The van der Waals surface area contributed by atoms with Crippen LogP contribution >= 0.6 is 15.9 Å². The van der Waals surface area contributed by atoms with Gasteiger partial charge in [-0.1, -0.05) is 40.2 Å². The summed E-state index contributed by atoms with van der Waals surface area (Å²) >= 11 is 3.38. The van der Waals surface area contributed by atoms with Gasteiger partial charge in [0.1, 0.15) is 0 Å². The van der Waals surface area contributed by atoms with E-state index in [2.05, 4.69) is 20.7 Å². The summed E-state index contributed by atoms with van der Waals surface area (Å²) in [7, 11) is -3.26. The maximum atomic E-state index is 11.9. The third kappa shape index (κ3) is 4.87. The highest BCUT2D eigenvalue weighted by molar-refractivity contribution is 9.08. The van der Waals surface area contributed by atoms with Gasteiger partial charge in [-0.3, -0.25) is 0 Å². The number of halogens is 1. The Balaban J connectivity index is 1.85. The summed E-state index contributed by atoms with van der Waals surface area (Å²) in [6.45, 7) is 1.01. The van der Waals surface area contributed by atoms with Gasteiger partial charge in [-0.25, -0.2) is 13.1 Å². The Morgan fingerprint density at radius 2 is 1.95 bits per heavy atom. The van der Waals surface area contributed by atoms with Crippen LogP contribution in [0.2, 0.25) is 0 Å². The van der Waals surface area contributed by atoms with Gasteiger partial charge in [0.15, 0.2) is 0 Å². The number of nitrogens with one attached hydrogen (secondary N) is 1. The van der Waals surface area contributed by atoms with E-state index in [1.807, 2.05) is 24.3 Å². The Bertz CT molecular complexity index is 495. The molecule has 1 unspecified atom stereocenters. The fourth-order valence-electron chi connectivity index (χ4n) is 2.02. The van der Waals surface area contributed by atoms with E-state index in [4.69, 9.17) is 4.74 Å². The molecule has 0 radical (unpaired) electrons. The molecule has 1 aromatic carbocycles. The summed E-state index contributed by atoms with van der Waals surface area (Å²) in [6.07, 6.45) is 1.64. The summed E-state index contributed by atoms with van der Waals surface area (Å²) in [6, 6.07) is 7.84. The molecule has 19 heavy (non-hydrogen) atoms. The number of alkyl halides is 1. The van der Waals surface area contributed by atoms with Crippen molar-refractivity contribution in [1.82, 2.24) is 4.72 Å². The van der Waals surface area contributed by atoms with Crippen molar-refractivity contribution in [3.8, 4) is 0 Å². The molecule has 1 fully saturated rings. The van der Waals surface area contributed by atoms with Crippen molar-refractivity contribution >= 4 is 26.0 Å². The van der Waals surface area contributed by atoms with Crippen molar-refractivity contribution in [3.63, 3.8) is 0 Å². The number of hydrogen-bond donors (Lipinski definition) is 1. The number of rotatable bonds is 6. The molecule has 0 aromatic heterocycles. The van der Waals surface area contributed by atoms with Crippen molar-refractivity contribution in [2.75, 3.05) is 12.4 Å². The standard InChI is InChI=1S/C13H18BrNO3S/c14-8-11-3-5-12(6-4-11)9-15-19(16,17)10-13-2-1-7-18-13/h3-6,13,15H,1-2,7-10H2. The maximum Gasteiger partial charge on any atom is 0.214 e. The van der Waals surface area contributed by atoms with Crippen molar-refractivity contribution in [1.29, 1.82) is 0 Å². The van der Waals surface area contributed by atoms with Gasteiger partial charge >= 0.3 is 0 Å². The van der Waals surface area contributed by atoms with Crippen LogP contribution in [0.1, 0.15) is 24.0 Å². The molecule has 1 saturated heterocycles. The molecule has 0 saturated carbocycles. The third-order valence-electron chi connectivity index (χ3n) is 3.10. The first-order valence-corrected chi connectivity index (χ1v) is 9.09. The zero-order valence-corrected chi connectivity index (χ0v) is 13.0. The summed E-state index contributed by atoms with van der Waals surface area (Å²) < 4.78 is 31.7. The summed E-state index contributed by atoms with van der Waals surface area (Å²) in [5.74, 6) is 0.0620. The lowest BCUT2D eigenvalue weighted by Crippen LogP contribution is -2.31. The minimum Gasteiger partial charge on any atom is -0.377 e. The van der Waals surface area contributed by atoms with Crippen LogP contribution in [0.25, 0.3) is 0 Å². The highest BCUT2D eigenvalue weighted by Gasteiger charge is 2.22. The molecule has 4 nitrogen and oxygen atoms in total. The molecule has 0 amide bonds. The van der Waals surface area contributed by atoms with Gasteiger partial charge < -0.3 is 4.74 Å². The van der Waals surface area contributed by atoms with Crippen molar-refractivity contribution < 1.29 is 13.2 Å². The van der Waals surface area contributed by atoms with Crippen molar-refractivity contribution in [2.24, 2.45) is 0 Å². The minimum atomic E-state index is -3.26. The van der Waals surface area contributed by atoms with E-state index in [1.54, 1.807) is 0 Å². The van der Waals surface area contributed by atoms with Crippen LogP contribution in [-0.4, -0.2) is 26.9 Å². The third-order valence-corrected chi connectivity index (χ3v) is 5.15. The Morgan fingerprint density at radius 1 is 1.26 bits per heavy atom. The summed E-state index contributed by atoms with van der Waals surface area (Å²) in [4.78, 5) is 0. The molecule has 0 bridgehead atoms. The number of ether oxygens (including phenoxy) is 1. The van der Waals surface area contributed by atoms with Crippen LogP contribution in [-0.2, 0) is 26.6 Å². The first-order valence-electron chi connectivity index (χ1n) is 6.32. The average molecular weight is 348 g/mol. The Kier molecular flexibility index (Phi) is 5.38. The molecular weight excluding hydrogens is 330 g/mol. The largest absolute Gasteiger partial charge is 0.377 e. The highest BCUT2D eigenvalue weighted by Crippen LogP contribution is 2.14. The number of benzene rings is 1. The Morgan fingerprint density at radius 3 is 2.53 bits per heavy atom. The molecule has 1 aliphatic rings. The van der Waals surface area contributed by atoms with E-state index in [-0.39, 0.29) is 11.9 Å². The molecule has 0 spiro atoms. The van der Waals surface area contributed by atoms with Gasteiger partial charge in [0.25, 0.3) is 0 Å². The van der Waals surface area contributed by atoms with Crippen molar-refractivity contribution in [2.45, 2.75) is 30.8 Å². The predicted octanol–water partition coefficient (Wildman–Crippen LogP) is 2.18. The van der Waals surface area contributed by atoms with Gasteiger partial charge in [-0.15, -0.1) is 0 Å². The van der Waals surface area contributed by atoms with Crippen LogP contribution in [0.15, 0.2) is 24.3 Å². The van der Waals surface area contributed by atoms with E-state index >= 15 is 0 Å². The fraction of sp³-hybridized carbons (Fsp3) is 0.538. The lowest BCUT2D eigenvalue weighted by molar-refractivity contribution is 0.127. The van der Waals surface area contributed by atoms with Crippen LogP contribution < -0.4 is 4.72 Å². The monoisotopic (exact) mass is 347 g/mol. The van der Waals surface area contributed by atoms with E-state index in [0.717, 1.165) is 23.7 Å². The second kappa shape index (κ2) is 6.83. The van der Waals surface area contributed by atoms with Crippen molar-refractivity contribution in [3.05, 3.63) is 35.4 Å². The molecule has 1 aromatic rings. The van der Waals surface area contributed by atoms with Crippen LogP contribution in [0.3, 0.4) is 0 Å². The average Bonchev–Trinajstić information content (AvgIpc) is 2.89. The fourth-order valence-corrected chi connectivity index (χ4v) is 3.65. The zero-order valence-electron chi connectivity index (χ0n) is 10.6. The lowest BCUT2D eigenvalue weighted by atomic mass is 10.2. The molecule has 106 valence electrons. The molecule has 1 N–H and O–H groups in total. The topological polar surface area (TPSA) is 55.4 Å². The van der Waals surface area contributed by atoms with E-state index < -0.39 is 10.0 Å². The first kappa shape index (κ1) is 15.0. The van der Waals surface area contributed by atoms with Gasteiger partial charge in [-0.05, 0) is 24.0 Å². The van der Waals surface area contributed by atoms with E-state index in [0.29, 0.717) is 13.2 Å². The summed E-state index contributed by atoms with van der Waals surface area (Å²) in [5, 5.41) is 0.804. The van der Waals surface area contributed by atoms with Gasteiger partial charge in [0, 0.05) is 18.5 Å². The summed E-state index contributed by atoms with van der Waals surface area (Å²) in [5.41, 5.74) is 2.13.